The van der Waals surface area contributed by atoms with Gasteiger partial charge in [0.15, 0.2) is 0 Å². The first kappa shape index (κ1) is 11.4. The molecule has 0 bridgehead atoms. The third-order valence-corrected chi connectivity index (χ3v) is 4.04. The van der Waals surface area contributed by atoms with Crippen molar-refractivity contribution in [2.45, 2.75) is 64.0 Å². The lowest BCUT2D eigenvalue weighted by atomic mass is 9.92. The van der Waals surface area contributed by atoms with E-state index in [2.05, 4.69) is 12.2 Å². The van der Waals surface area contributed by atoms with Crippen molar-refractivity contribution in [3.05, 3.63) is 0 Å². The van der Waals surface area contributed by atoms with Crippen LogP contribution >= 0.6 is 0 Å². The second kappa shape index (κ2) is 5.86. The molecule has 2 rings (SSSR count). The Hall–Kier alpha value is -0.0800. The van der Waals surface area contributed by atoms with Gasteiger partial charge >= 0.3 is 0 Å². The molecule has 1 saturated carbocycles. The second-order valence-corrected chi connectivity index (χ2v) is 5.27. The van der Waals surface area contributed by atoms with Crippen LogP contribution in [0.2, 0.25) is 0 Å². The van der Waals surface area contributed by atoms with Crippen molar-refractivity contribution in [3.63, 3.8) is 0 Å². The van der Waals surface area contributed by atoms with Crippen LogP contribution < -0.4 is 5.32 Å². The predicted molar refractivity (Wildman–Crippen MR) is 63.0 cm³/mol. The molecule has 88 valence electrons. The van der Waals surface area contributed by atoms with Gasteiger partial charge in [-0.1, -0.05) is 25.7 Å². The average Bonchev–Trinajstić information content (AvgIpc) is 2.58. The summed E-state index contributed by atoms with van der Waals surface area (Å²) in [7, 11) is 0. The highest BCUT2D eigenvalue weighted by atomic mass is 16.5. The summed E-state index contributed by atoms with van der Waals surface area (Å²) in [5.74, 6) is 0.910. The second-order valence-electron chi connectivity index (χ2n) is 5.27. The van der Waals surface area contributed by atoms with Crippen molar-refractivity contribution < 1.29 is 4.74 Å². The molecule has 0 spiro atoms. The Bertz CT molecular complexity index is 169. The Balaban J connectivity index is 1.74. The third-order valence-electron chi connectivity index (χ3n) is 4.04. The molecule has 2 atom stereocenters. The van der Waals surface area contributed by atoms with Crippen LogP contribution in [0.3, 0.4) is 0 Å². The molecule has 1 heterocycles. The first-order valence-electron chi connectivity index (χ1n) is 6.70. The fourth-order valence-electron chi connectivity index (χ4n) is 2.98. The van der Waals surface area contributed by atoms with Gasteiger partial charge in [-0.25, -0.2) is 0 Å². The maximum atomic E-state index is 5.41. The minimum absolute atomic E-state index is 0.628. The zero-order valence-corrected chi connectivity index (χ0v) is 10.0. The van der Waals surface area contributed by atoms with E-state index in [-0.39, 0.29) is 0 Å². The molecular formula is C13H25NO. The van der Waals surface area contributed by atoms with Gasteiger partial charge in [0.05, 0.1) is 6.61 Å². The average molecular weight is 211 g/mol. The standard InChI is InChI=1S/C13H25NO/c1-11(14-13-8-9-15-10-13)12-6-4-2-3-5-7-12/h11-14H,2-10H2,1H3/t11-,13?/m0/s1. The third kappa shape index (κ3) is 3.46. The highest BCUT2D eigenvalue weighted by Gasteiger charge is 2.23. The Morgan fingerprint density at radius 1 is 1.07 bits per heavy atom. The van der Waals surface area contributed by atoms with Crippen molar-refractivity contribution in [3.8, 4) is 0 Å². The normalized spacial score (nSPS) is 31.4. The summed E-state index contributed by atoms with van der Waals surface area (Å²) in [6.07, 6.45) is 9.86. The quantitative estimate of drug-likeness (QED) is 0.725. The van der Waals surface area contributed by atoms with E-state index in [4.69, 9.17) is 4.74 Å². The van der Waals surface area contributed by atoms with E-state index in [0.29, 0.717) is 12.1 Å². The number of hydrogen-bond donors (Lipinski definition) is 1. The number of nitrogens with one attached hydrogen (secondary N) is 1. The van der Waals surface area contributed by atoms with E-state index in [0.717, 1.165) is 19.1 Å². The molecule has 0 aromatic heterocycles. The summed E-state index contributed by atoms with van der Waals surface area (Å²) < 4.78 is 5.41. The summed E-state index contributed by atoms with van der Waals surface area (Å²) in [5.41, 5.74) is 0. The topological polar surface area (TPSA) is 21.3 Å². The van der Waals surface area contributed by atoms with E-state index < -0.39 is 0 Å². The zero-order valence-electron chi connectivity index (χ0n) is 10.0. The molecule has 0 aromatic rings. The molecule has 2 aliphatic rings. The molecule has 1 aliphatic carbocycles. The summed E-state index contributed by atoms with van der Waals surface area (Å²) in [6, 6.07) is 1.32. The lowest BCUT2D eigenvalue weighted by Gasteiger charge is -2.26. The summed E-state index contributed by atoms with van der Waals surface area (Å²) in [6.45, 7) is 4.25. The SMILES string of the molecule is C[C@H](NC1CCOC1)C1CCCCCC1. The Morgan fingerprint density at radius 3 is 2.40 bits per heavy atom. The van der Waals surface area contributed by atoms with Gasteiger partial charge in [0.1, 0.15) is 0 Å². The molecule has 0 amide bonds. The lowest BCUT2D eigenvalue weighted by Crippen LogP contribution is -2.41. The van der Waals surface area contributed by atoms with Crippen LogP contribution in [-0.2, 0) is 4.74 Å². The fourth-order valence-corrected chi connectivity index (χ4v) is 2.98. The molecule has 1 saturated heterocycles. The van der Waals surface area contributed by atoms with Crippen LogP contribution in [0, 0.1) is 5.92 Å². The monoisotopic (exact) mass is 211 g/mol. The van der Waals surface area contributed by atoms with Gasteiger partial charge in [-0.3, -0.25) is 0 Å². The molecular weight excluding hydrogens is 186 g/mol. The van der Waals surface area contributed by atoms with Crippen LogP contribution in [0.15, 0.2) is 0 Å². The number of ether oxygens (including phenoxy) is 1. The van der Waals surface area contributed by atoms with Crippen molar-refractivity contribution in [1.29, 1.82) is 0 Å². The molecule has 2 nitrogen and oxygen atoms in total. The minimum atomic E-state index is 0.628. The Morgan fingerprint density at radius 2 is 1.80 bits per heavy atom. The van der Waals surface area contributed by atoms with Crippen LogP contribution in [-0.4, -0.2) is 25.3 Å². The Kier molecular flexibility index (Phi) is 4.45. The predicted octanol–water partition coefficient (Wildman–Crippen LogP) is 2.72. The van der Waals surface area contributed by atoms with E-state index >= 15 is 0 Å². The maximum Gasteiger partial charge on any atom is 0.0620 e. The largest absolute Gasteiger partial charge is 0.380 e. The van der Waals surface area contributed by atoms with Crippen molar-refractivity contribution in [2.24, 2.45) is 5.92 Å². The van der Waals surface area contributed by atoms with Crippen molar-refractivity contribution in [1.82, 2.24) is 5.32 Å². The van der Waals surface area contributed by atoms with Crippen LogP contribution in [0.4, 0.5) is 0 Å². The van der Waals surface area contributed by atoms with Crippen LogP contribution in [0.1, 0.15) is 51.9 Å². The lowest BCUT2D eigenvalue weighted by molar-refractivity contribution is 0.184. The number of hydrogen-bond acceptors (Lipinski definition) is 2. The van der Waals surface area contributed by atoms with Gasteiger partial charge < -0.3 is 10.1 Å². The van der Waals surface area contributed by atoms with E-state index in [9.17, 15) is 0 Å². The Labute approximate surface area is 93.8 Å². The first-order chi connectivity index (χ1) is 7.36. The van der Waals surface area contributed by atoms with E-state index in [1.807, 2.05) is 0 Å². The van der Waals surface area contributed by atoms with Crippen molar-refractivity contribution in [2.75, 3.05) is 13.2 Å². The summed E-state index contributed by atoms with van der Waals surface area (Å²) in [4.78, 5) is 0. The fraction of sp³-hybridized carbons (Fsp3) is 1.00. The van der Waals surface area contributed by atoms with Gasteiger partial charge in [-0.2, -0.15) is 0 Å². The van der Waals surface area contributed by atoms with E-state index in [1.165, 1.54) is 44.9 Å². The van der Waals surface area contributed by atoms with Gasteiger partial charge in [0.2, 0.25) is 0 Å². The van der Waals surface area contributed by atoms with Gasteiger partial charge in [0, 0.05) is 18.7 Å². The van der Waals surface area contributed by atoms with Gasteiger partial charge in [0.25, 0.3) is 0 Å². The molecule has 2 heteroatoms. The van der Waals surface area contributed by atoms with Crippen LogP contribution in [0.25, 0.3) is 0 Å². The molecule has 0 aromatic carbocycles. The summed E-state index contributed by atoms with van der Waals surface area (Å²) >= 11 is 0. The molecule has 1 N–H and O–H groups in total. The molecule has 1 unspecified atom stereocenters. The molecule has 2 fully saturated rings. The smallest absolute Gasteiger partial charge is 0.0620 e. The van der Waals surface area contributed by atoms with Gasteiger partial charge in [-0.15, -0.1) is 0 Å². The highest BCUT2D eigenvalue weighted by molar-refractivity contribution is 4.80. The van der Waals surface area contributed by atoms with Gasteiger partial charge in [-0.05, 0) is 32.1 Å². The van der Waals surface area contributed by atoms with Crippen LogP contribution in [0.5, 0.6) is 0 Å². The maximum absolute atomic E-state index is 5.41. The molecule has 0 radical (unpaired) electrons. The summed E-state index contributed by atoms with van der Waals surface area (Å²) in [5, 5.41) is 3.75. The van der Waals surface area contributed by atoms with E-state index in [1.54, 1.807) is 0 Å². The molecule has 15 heavy (non-hydrogen) atoms. The highest BCUT2D eigenvalue weighted by Crippen LogP contribution is 2.26. The number of rotatable bonds is 3. The zero-order chi connectivity index (χ0) is 10.5. The first-order valence-corrected chi connectivity index (χ1v) is 6.70. The minimum Gasteiger partial charge on any atom is -0.380 e. The van der Waals surface area contributed by atoms with Crippen molar-refractivity contribution >= 4 is 0 Å². The molecule has 1 aliphatic heterocycles.